The van der Waals surface area contributed by atoms with Gasteiger partial charge in [-0.3, -0.25) is 14.4 Å². The fourth-order valence-electron chi connectivity index (χ4n) is 6.24. The molecule has 0 aromatic carbocycles. The number of rotatable bonds is 35. The van der Waals surface area contributed by atoms with Gasteiger partial charge in [0.1, 0.15) is 0 Å². The van der Waals surface area contributed by atoms with Gasteiger partial charge in [0, 0.05) is 19.3 Å². The molecule has 0 aromatic rings. The monoisotopic (exact) mass is 625 g/mol. The van der Waals surface area contributed by atoms with Gasteiger partial charge in [-0.2, -0.15) is 0 Å². The number of hydrogen-bond acceptors (Lipinski definition) is 3. The molecule has 0 saturated heterocycles. The molecule has 0 unspecified atom stereocenters. The summed E-state index contributed by atoms with van der Waals surface area (Å²) in [6.45, 7) is 5.96. The highest BCUT2D eigenvalue weighted by atomic mass is 16.4. The number of quaternary nitrogens is 1. The largest absolute Gasteiger partial charge is 0.481 e. The lowest BCUT2D eigenvalue weighted by atomic mass is 10.0. The average Bonchev–Trinajstić information content (AvgIpc) is 2.98. The summed E-state index contributed by atoms with van der Waals surface area (Å²) < 4.78 is 0.869. The van der Waals surface area contributed by atoms with Crippen molar-refractivity contribution in [3.63, 3.8) is 0 Å². The van der Waals surface area contributed by atoms with Crippen LogP contribution in [0.3, 0.4) is 0 Å². The third-order valence-corrected chi connectivity index (χ3v) is 8.96. The summed E-state index contributed by atoms with van der Waals surface area (Å²) in [5.74, 6) is -2.30. The van der Waals surface area contributed by atoms with Crippen molar-refractivity contribution in [1.29, 1.82) is 0 Å². The molecular weight excluding hydrogens is 554 g/mol. The predicted molar refractivity (Wildman–Crippen MR) is 182 cm³/mol. The number of nitrogens with zero attached hydrogens (tertiary/aromatic N) is 1. The summed E-state index contributed by atoms with van der Waals surface area (Å²) in [6.07, 6.45) is 33.2. The molecule has 0 radical (unpaired) electrons. The van der Waals surface area contributed by atoms with Gasteiger partial charge in [-0.1, -0.05) is 96.1 Å². The first kappa shape index (κ1) is 42.1. The molecule has 0 spiro atoms. The van der Waals surface area contributed by atoms with Crippen molar-refractivity contribution in [3.8, 4) is 0 Å². The maximum atomic E-state index is 11.0. The first-order chi connectivity index (χ1) is 21.3. The van der Waals surface area contributed by atoms with Gasteiger partial charge in [-0.25, -0.2) is 0 Å². The summed E-state index contributed by atoms with van der Waals surface area (Å²) in [7, 11) is 0. The van der Waals surface area contributed by atoms with E-state index in [0.29, 0.717) is 19.3 Å². The molecule has 0 atom stereocenters. The molecule has 0 aliphatic heterocycles. The van der Waals surface area contributed by atoms with Crippen LogP contribution in [0.1, 0.15) is 180 Å². The number of carbonyl (C=O) groups is 3. The van der Waals surface area contributed by atoms with Crippen LogP contribution in [-0.2, 0) is 14.4 Å². The Labute approximate surface area is 270 Å². The molecule has 0 amide bonds. The van der Waals surface area contributed by atoms with Crippen LogP contribution in [0.5, 0.6) is 0 Å². The standard InChI is InChI=1S/C37H69NO6/c1-2-3-4-5-6-7-8-9-10-11-12-13-14-15-16-17-18-19-20-24-31-38(32-25-21-28-35(39)40,33-26-22-29-36(41)42)34-27-23-30-37(43)44/h8-9H,2-7,10-34H2,1H3,(H2-,39,40,41,42,43,44)/p+1/b9-8+. The van der Waals surface area contributed by atoms with E-state index in [4.69, 9.17) is 15.3 Å². The van der Waals surface area contributed by atoms with Crippen molar-refractivity contribution in [1.82, 2.24) is 0 Å². The third-order valence-electron chi connectivity index (χ3n) is 8.96. The molecule has 7 nitrogen and oxygen atoms in total. The lowest BCUT2D eigenvalue weighted by molar-refractivity contribution is -0.929. The van der Waals surface area contributed by atoms with Gasteiger partial charge in [-0.05, 0) is 77.0 Å². The second-order valence-electron chi connectivity index (χ2n) is 13.1. The smallest absolute Gasteiger partial charge is 0.303 e. The zero-order valence-corrected chi connectivity index (χ0v) is 28.6. The van der Waals surface area contributed by atoms with E-state index < -0.39 is 17.9 Å². The Bertz CT molecular complexity index is 668. The van der Waals surface area contributed by atoms with E-state index in [9.17, 15) is 14.4 Å². The molecule has 7 heteroatoms. The quantitative estimate of drug-likeness (QED) is 0.0367. The molecular formula is C37H70NO6+. The Kier molecular flexibility index (Phi) is 29.8. The summed E-state index contributed by atoms with van der Waals surface area (Å²) in [6, 6.07) is 0. The minimum Gasteiger partial charge on any atom is -0.481 e. The zero-order chi connectivity index (χ0) is 32.6. The molecule has 0 aliphatic carbocycles. The number of unbranched alkanes of at least 4 members (excludes halogenated alkanes) is 19. The molecule has 0 bridgehead atoms. The van der Waals surface area contributed by atoms with Gasteiger partial charge in [-0.15, -0.1) is 0 Å². The molecule has 3 N–H and O–H groups in total. The van der Waals surface area contributed by atoms with Crippen molar-refractivity contribution in [3.05, 3.63) is 12.2 Å². The van der Waals surface area contributed by atoms with E-state index in [2.05, 4.69) is 19.1 Å². The second-order valence-corrected chi connectivity index (χ2v) is 13.1. The van der Waals surface area contributed by atoms with Crippen LogP contribution in [0.4, 0.5) is 0 Å². The van der Waals surface area contributed by atoms with Crippen LogP contribution in [0.25, 0.3) is 0 Å². The van der Waals surface area contributed by atoms with Crippen molar-refractivity contribution >= 4 is 17.9 Å². The van der Waals surface area contributed by atoms with E-state index in [-0.39, 0.29) is 19.3 Å². The van der Waals surface area contributed by atoms with E-state index >= 15 is 0 Å². The van der Waals surface area contributed by atoms with Crippen molar-refractivity contribution in [2.45, 2.75) is 180 Å². The number of allylic oxidation sites excluding steroid dienone is 2. The van der Waals surface area contributed by atoms with Gasteiger partial charge < -0.3 is 19.8 Å². The van der Waals surface area contributed by atoms with Gasteiger partial charge >= 0.3 is 17.9 Å². The number of carboxylic acid groups (broad SMARTS) is 3. The molecule has 0 aliphatic rings. The molecule has 44 heavy (non-hydrogen) atoms. The van der Waals surface area contributed by atoms with E-state index in [0.717, 1.165) is 56.3 Å². The Balaban J connectivity index is 4.24. The van der Waals surface area contributed by atoms with Crippen molar-refractivity contribution in [2.75, 3.05) is 26.2 Å². The van der Waals surface area contributed by atoms with Crippen LogP contribution in [-0.4, -0.2) is 63.9 Å². The summed E-state index contributed by atoms with van der Waals surface area (Å²) >= 11 is 0. The minimum absolute atomic E-state index is 0.175. The number of hydrogen-bond donors (Lipinski definition) is 3. The Morgan fingerprint density at radius 2 is 0.682 bits per heavy atom. The minimum atomic E-state index is -0.766. The summed E-state index contributed by atoms with van der Waals surface area (Å²) in [5, 5.41) is 27.2. The van der Waals surface area contributed by atoms with Crippen LogP contribution < -0.4 is 0 Å². The van der Waals surface area contributed by atoms with Gasteiger partial charge in [0.25, 0.3) is 0 Å². The Hall–Kier alpha value is -1.89. The van der Waals surface area contributed by atoms with Crippen LogP contribution >= 0.6 is 0 Å². The molecule has 0 rings (SSSR count). The van der Waals surface area contributed by atoms with Gasteiger partial charge in [0.15, 0.2) is 0 Å². The fraction of sp³-hybridized carbons (Fsp3) is 0.865. The lowest BCUT2D eigenvalue weighted by Gasteiger charge is -2.39. The highest BCUT2D eigenvalue weighted by Gasteiger charge is 2.26. The lowest BCUT2D eigenvalue weighted by Crippen LogP contribution is -2.51. The third kappa shape index (κ3) is 30.1. The maximum absolute atomic E-state index is 11.0. The van der Waals surface area contributed by atoms with Crippen molar-refractivity contribution < 1.29 is 34.2 Å². The number of aliphatic carboxylic acids is 3. The van der Waals surface area contributed by atoms with Crippen LogP contribution in [0, 0.1) is 0 Å². The second kappa shape index (κ2) is 31.1. The number of carboxylic acids is 3. The van der Waals surface area contributed by atoms with Crippen molar-refractivity contribution in [2.24, 2.45) is 0 Å². The first-order valence-corrected chi connectivity index (χ1v) is 18.5. The highest BCUT2D eigenvalue weighted by molar-refractivity contribution is 5.67. The van der Waals surface area contributed by atoms with E-state index in [1.54, 1.807) is 0 Å². The summed E-state index contributed by atoms with van der Waals surface area (Å²) in [5.41, 5.74) is 0. The molecule has 258 valence electrons. The molecule has 0 saturated carbocycles. The van der Waals surface area contributed by atoms with Gasteiger partial charge in [0.05, 0.1) is 26.2 Å². The van der Waals surface area contributed by atoms with Crippen LogP contribution in [0.15, 0.2) is 12.2 Å². The zero-order valence-electron chi connectivity index (χ0n) is 28.6. The average molecular weight is 625 g/mol. The Morgan fingerprint density at radius 3 is 1.00 bits per heavy atom. The maximum Gasteiger partial charge on any atom is 0.303 e. The fourth-order valence-corrected chi connectivity index (χ4v) is 6.24. The SMILES string of the molecule is CCCCCCC/C=C/CCCCCCCCCCCCC[N+](CCCCC(=O)O)(CCCCC(=O)O)CCCCC(=O)O. The van der Waals surface area contributed by atoms with Crippen LogP contribution in [0.2, 0.25) is 0 Å². The molecule has 0 aromatic heterocycles. The first-order valence-electron chi connectivity index (χ1n) is 18.5. The Morgan fingerprint density at radius 1 is 0.409 bits per heavy atom. The van der Waals surface area contributed by atoms with Gasteiger partial charge in [0.2, 0.25) is 0 Å². The van der Waals surface area contributed by atoms with E-state index in [1.165, 1.54) is 109 Å². The summed E-state index contributed by atoms with van der Waals surface area (Å²) in [4.78, 5) is 33.1. The molecule has 0 heterocycles. The molecule has 0 fully saturated rings. The highest BCUT2D eigenvalue weighted by Crippen LogP contribution is 2.20. The normalized spacial score (nSPS) is 11.8. The topological polar surface area (TPSA) is 112 Å². The predicted octanol–water partition coefficient (Wildman–Crippen LogP) is 10.2. The van der Waals surface area contributed by atoms with E-state index in [1.807, 2.05) is 0 Å².